The fraction of sp³-hybridized carbons (Fsp3) is 0.474. The van der Waals surface area contributed by atoms with Gasteiger partial charge in [-0.25, -0.2) is 4.98 Å². The molecule has 2 aromatic rings. The molecule has 1 aliphatic heterocycles. The SMILES string of the molecule is COCCN(CC(=O)Nc1nc(CC(=O)N2CCCC2)cs1)C(=O)c1ccco1. The molecule has 0 aliphatic carbocycles. The van der Waals surface area contributed by atoms with Gasteiger partial charge in [0.25, 0.3) is 5.91 Å². The molecule has 9 nitrogen and oxygen atoms in total. The summed E-state index contributed by atoms with van der Waals surface area (Å²) in [6.45, 7) is 1.97. The fourth-order valence-electron chi connectivity index (χ4n) is 3.02. The minimum Gasteiger partial charge on any atom is -0.459 e. The Morgan fingerprint density at radius 2 is 2.14 bits per heavy atom. The molecule has 0 spiro atoms. The summed E-state index contributed by atoms with van der Waals surface area (Å²) in [7, 11) is 1.52. The highest BCUT2D eigenvalue weighted by atomic mass is 32.1. The van der Waals surface area contributed by atoms with Crippen molar-refractivity contribution in [2.45, 2.75) is 19.3 Å². The Morgan fingerprint density at radius 3 is 2.83 bits per heavy atom. The van der Waals surface area contributed by atoms with E-state index >= 15 is 0 Å². The topological polar surface area (TPSA) is 105 Å². The van der Waals surface area contributed by atoms with Crippen molar-refractivity contribution in [2.75, 3.05) is 45.2 Å². The number of ether oxygens (including phenoxy) is 1. The van der Waals surface area contributed by atoms with Crippen LogP contribution in [0, 0.1) is 0 Å². The molecule has 1 N–H and O–H groups in total. The van der Waals surface area contributed by atoms with E-state index in [1.807, 2.05) is 4.90 Å². The van der Waals surface area contributed by atoms with Gasteiger partial charge in [0.05, 0.1) is 25.0 Å². The molecule has 1 aliphatic rings. The van der Waals surface area contributed by atoms with Crippen molar-refractivity contribution in [2.24, 2.45) is 0 Å². The van der Waals surface area contributed by atoms with E-state index in [4.69, 9.17) is 9.15 Å². The first kappa shape index (κ1) is 21.0. The summed E-state index contributed by atoms with van der Waals surface area (Å²) in [6.07, 6.45) is 3.71. The highest BCUT2D eigenvalue weighted by Gasteiger charge is 2.22. The number of aromatic nitrogens is 1. The third kappa shape index (κ3) is 5.88. The number of methoxy groups -OCH3 is 1. The lowest BCUT2D eigenvalue weighted by molar-refractivity contribution is -0.129. The number of carbonyl (C=O) groups is 3. The first-order chi connectivity index (χ1) is 14.1. The van der Waals surface area contributed by atoms with Gasteiger partial charge in [0.2, 0.25) is 11.8 Å². The van der Waals surface area contributed by atoms with Crippen LogP contribution < -0.4 is 5.32 Å². The maximum absolute atomic E-state index is 12.5. The van der Waals surface area contributed by atoms with Gasteiger partial charge in [-0.15, -0.1) is 11.3 Å². The van der Waals surface area contributed by atoms with Crippen LogP contribution in [0.5, 0.6) is 0 Å². The van der Waals surface area contributed by atoms with Gasteiger partial charge in [-0.2, -0.15) is 0 Å². The van der Waals surface area contributed by atoms with Gasteiger partial charge in [-0.3, -0.25) is 14.4 Å². The second kappa shape index (κ2) is 10.2. The number of thiazole rings is 1. The van der Waals surface area contributed by atoms with E-state index in [0.29, 0.717) is 17.4 Å². The number of nitrogens with zero attached hydrogens (tertiary/aromatic N) is 3. The lowest BCUT2D eigenvalue weighted by atomic mass is 10.3. The monoisotopic (exact) mass is 420 g/mol. The number of amides is 3. The predicted octanol–water partition coefficient (Wildman–Crippen LogP) is 1.63. The van der Waals surface area contributed by atoms with Crippen molar-refractivity contribution < 1.29 is 23.5 Å². The molecule has 29 heavy (non-hydrogen) atoms. The summed E-state index contributed by atoms with van der Waals surface area (Å²) >= 11 is 1.25. The van der Waals surface area contributed by atoms with Crippen LogP contribution in [0.3, 0.4) is 0 Å². The molecule has 0 saturated carbocycles. The minimum absolute atomic E-state index is 0.0560. The van der Waals surface area contributed by atoms with Crippen molar-refractivity contribution in [3.05, 3.63) is 35.2 Å². The molecule has 0 bridgehead atoms. The van der Waals surface area contributed by atoms with E-state index in [2.05, 4.69) is 10.3 Å². The summed E-state index contributed by atoms with van der Waals surface area (Å²) in [5.41, 5.74) is 0.630. The molecule has 3 rings (SSSR count). The Labute approximate surface area is 172 Å². The van der Waals surface area contributed by atoms with E-state index < -0.39 is 5.91 Å². The van der Waals surface area contributed by atoms with Crippen LogP contribution in [0.15, 0.2) is 28.2 Å². The summed E-state index contributed by atoms with van der Waals surface area (Å²) in [5, 5.41) is 4.85. The van der Waals surface area contributed by atoms with Gasteiger partial charge in [-0.1, -0.05) is 0 Å². The molecule has 3 heterocycles. The number of nitrogens with one attached hydrogen (secondary N) is 1. The lowest BCUT2D eigenvalue weighted by Gasteiger charge is -2.20. The molecular formula is C19H24N4O5S. The van der Waals surface area contributed by atoms with Crippen LogP contribution >= 0.6 is 11.3 Å². The number of carbonyl (C=O) groups excluding carboxylic acids is 3. The van der Waals surface area contributed by atoms with E-state index in [0.717, 1.165) is 25.9 Å². The molecule has 0 radical (unpaired) electrons. The van der Waals surface area contributed by atoms with Crippen LogP contribution in [-0.4, -0.2) is 72.4 Å². The molecule has 1 fully saturated rings. The molecule has 3 amide bonds. The van der Waals surface area contributed by atoms with Crippen molar-refractivity contribution >= 4 is 34.2 Å². The van der Waals surface area contributed by atoms with Crippen LogP contribution in [0.4, 0.5) is 5.13 Å². The molecule has 1 saturated heterocycles. The zero-order valence-electron chi connectivity index (χ0n) is 16.3. The van der Waals surface area contributed by atoms with Gasteiger partial charge in [0.1, 0.15) is 6.54 Å². The van der Waals surface area contributed by atoms with Crippen molar-refractivity contribution in [3.8, 4) is 0 Å². The molecule has 10 heteroatoms. The van der Waals surface area contributed by atoms with Crippen molar-refractivity contribution in [1.29, 1.82) is 0 Å². The molecule has 0 unspecified atom stereocenters. The standard InChI is InChI=1S/C19H24N4O5S/c1-27-10-8-23(18(26)15-5-4-9-28-15)12-16(24)21-19-20-14(13-29-19)11-17(25)22-6-2-3-7-22/h4-5,9,13H,2-3,6-8,10-12H2,1H3,(H,20,21,24). The number of anilines is 1. The van der Waals surface area contributed by atoms with Crippen LogP contribution in [-0.2, 0) is 20.7 Å². The number of rotatable bonds is 9. The van der Waals surface area contributed by atoms with Gasteiger partial charge < -0.3 is 24.3 Å². The third-order valence-electron chi connectivity index (χ3n) is 4.51. The van der Waals surface area contributed by atoms with E-state index in [9.17, 15) is 14.4 Å². The Bertz CT molecular complexity index is 830. The summed E-state index contributed by atoms with van der Waals surface area (Å²) < 4.78 is 10.1. The van der Waals surface area contributed by atoms with Crippen molar-refractivity contribution in [3.63, 3.8) is 0 Å². The largest absolute Gasteiger partial charge is 0.459 e. The molecule has 2 aromatic heterocycles. The van der Waals surface area contributed by atoms with Gasteiger partial charge in [0.15, 0.2) is 10.9 Å². The van der Waals surface area contributed by atoms with E-state index in [-0.39, 0.29) is 37.1 Å². The Kier molecular flexibility index (Phi) is 7.36. The van der Waals surface area contributed by atoms with Crippen molar-refractivity contribution in [1.82, 2.24) is 14.8 Å². The third-order valence-corrected chi connectivity index (χ3v) is 5.31. The smallest absolute Gasteiger partial charge is 0.290 e. The zero-order chi connectivity index (χ0) is 20.6. The quantitative estimate of drug-likeness (QED) is 0.661. The Morgan fingerprint density at radius 1 is 1.34 bits per heavy atom. The average molecular weight is 420 g/mol. The maximum Gasteiger partial charge on any atom is 0.290 e. The first-order valence-corrected chi connectivity index (χ1v) is 10.3. The van der Waals surface area contributed by atoms with Crippen LogP contribution in [0.2, 0.25) is 0 Å². The minimum atomic E-state index is -0.391. The summed E-state index contributed by atoms with van der Waals surface area (Å²) in [5.74, 6) is -0.558. The second-order valence-corrected chi connectivity index (χ2v) is 7.51. The molecule has 0 aromatic carbocycles. The summed E-state index contributed by atoms with van der Waals surface area (Å²) in [6, 6.07) is 3.16. The number of hydrogen-bond donors (Lipinski definition) is 1. The van der Waals surface area contributed by atoms with Gasteiger partial charge in [-0.05, 0) is 25.0 Å². The molecule has 0 atom stereocenters. The molecular weight excluding hydrogens is 396 g/mol. The number of hydrogen-bond acceptors (Lipinski definition) is 7. The normalized spacial score (nSPS) is 13.5. The van der Waals surface area contributed by atoms with E-state index in [1.165, 1.54) is 29.6 Å². The Balaban J connectivity index is 1.54. The maximum atomic E-state index is 12.5. The van der Waals surface area contributed by atoms with Gasteiger partial charge >= 0.3 is 0 Å². The van der Waals surface area contributed by atoms with Gasteiger partial charge in [0, 0.05) is 32.1 Å². The fourth-order valence-corrected chi connectivity index (χ4v) is 3.75. The number of furan rings is 1. The van der Waals surface area contributed by atoms with E-state index in [1.54, 1.807) is 17.5 Å². The second-order valence-electron chi connectivity index (χ2n) is 6.65. The zero-order valence-corrected chi connectivity index (χ0v) is 17.1. The highest BCUT2D eigenvalue weighted by Crippen LogP contribution is 2.18. The Hall–Kier alpha value is -2.72. The van der Waals surface area contributed by atoms with Crippen LogP contribution in [0.1, 0.15) is 29.1 Å². The number of likely N-dealkylation sites (tertiary alicyclic amines) is 1. The predicted molar refractivity (Wildman–Crippen MR) is 107 cm³/mol. The summed E-state index contributed by atoms with van der Waals surface area (Å²) in [4.78, 5) is 44.6. The average Bonchev–Trinajstić information content (AvgIpc) is 3.47. The van der Waals surface area contributed by atoms with Crippen LogP contribution in [0.25, 0.3) is 0 Å². The molecule has 156 valence electrons. The lowest BCUT2D eigenvalue weighted by Crippen LogP contribution is -2.39. The first-order valence-electron chi connectivity index (χ1n) is 9.40. The highest BCUT2D eigenvalue weighted by molar-refractivity contribution is 7.13.